The van der Waals surface area contributed by atoms with Gasteiger partial charge in [0.25, 0.3) is 0 Å². The monoisotopic (exact) mass is 281 g/mol. The molecule has 1 aromatic rings. The van der Waals surface area contributed by atoms with E-state index in [4.69, 9.17) is 0 Å². The molecule has 0 bridgehead atoms. The van der Waals surface area contributed by atoms with E-state index in [2.05, 4.69) is 21.2 Å². The largest absolute Gasteiger partial charge is 0.326 e. The van der Waals surface area contributed by atoms with Crippen LogP contribution < -0.4 is 5.32 Å². The zero-order chi connectivity index (χ0) is 11.7. The normalized spacial score (nSPS) is 16.2. The fourth-order valence-electron chi connectivity index (χ4n) is 1.80. The average molecular weight is 282 g/mol. The summed E-state index contributed by atoms with van der Waals surface area (Å²) in [6.07, 6.45) is 1.26. The highest BCUT2D eigenvalue weighted by atomic mass is 79.9. The number of hydrogen-bond donors (Lipinski definition) is 1. The van der Waals surface area contributed by atoms with Crippen LogP contribution in [0.4, 0.5) is 5.69 Å². The van der Waals surface area contributed by atoms with Crippen molar-refractivity contribution in [2.24, 2.45) is 0 Å². The lowest BCUT2D eigenvalue weighted by atomic mass is 9.98. The van der Waals surface area contributed by atoms with Gasteiger partial charge in [0.05, 0.1) is 4.83 Å². The standard InChI is InChI=1S/C12H12BrNO2/c1-7(15)12(13)9-2-4-10-8(6-9)3-5-11(16)14-10/h2,4,6,12H,3,5H2,1H3,(H,14,16). The first kappa shape index (κ1) is 11.3. The van der Waals surface area contributed by atoms with Crippen molar-refractivity contribution in [1.82, 2.24) is 0 Å². The predicted octanol–water partition coefficient (Wildman–Crippen LogP) is 2.60. The lowest BCUT2D eigenvalue weighted by Gasteiger charge is -2.18. The molecule has 1 aliphatic heterocycles. The maximum atomic E-state index is 11.2. The van der Waals surface area contributed by atoms with Gasteiger partial charge in [-0.3, -0.25) is 9.59 Å². The molecule has 3 nitrogen and oxygen atoms in total. The second kappa shape index (κ2) is 4.37. The molecular weight excluding hydrogens is 270 g/mol. The highest BCUT2D eigenvalue weighted by Gasteiger charge is 2.18. The fraction of sp³-hybridized carbons (Fsp3) is 0.333. The van der Waals surface area contributed by atoms with Gasteiger partial charge in [-0.05, 0) is 30.5 Å². The average Bonchev–Trinajstić information content (AvgIpc) is 2.27. The number of amides is 1. The topological polar surface area (TPSA) is 46.2 Å². The molecule has 0 aliphatic carbocycles. The molecule has 0 saturated heterocycles. The van der Waals surface area contributed by atoms with Gasteiger partial charge in [0.2, 0.25) is 5.91 Å². The Kier molecular flexibility index (Phi) is 3.10. The quantitative estimate of drug-likeness (QED) is 0.847. The number of benzene rings is 1. The number of hydrogen-bond acceptors (Lipinski definition) is 2. The van der Waals surface area contributed by atoms with Crippen molar-refractivity contribution in [2.45, 2.75) is 24.6 Å². The summed E-state index contributed by atoms with van der Waals surface area (Å²) in [6.45, 7) is 1.56. The van der Waals surface area contributed by atoms with Crippen LogP contribution >= 0.6 is 15.9 Å². The van der Waals surface area contributed by atoms with Crippen LogP contribution in [-0.4, -0.2) is 11.7 Å². The highest BCUT2D eigenvalue weighted by molar-refractivity contribution is 9.09. The molecule has 1 aromatic carbocycles. The fourth-order valence-corrected chi connectivity index (χ4v) is 2.08. The Bertz CT molecular complexity index is 456. The number of fused-ring (bicyclic) bond motifs is 1. The van der Waals surface area contributed by atoms with Crippen LogP contribution in [0.2, 0.25) is 0 Å². The molecule has 1 aliphatic rings. The number of halogens is 1. The van der Waals surface area contributed by atoms with Crippen molar-refractivity contribution in [3.63, 3.8) is 0 Å². The number of anilines is 1. The number of carbonyl (C=O) groups is 2. The summed E-state index contributed by atoms with van der Waals surface area (Å²) in [5.41, 5.74) is 2.91. The van der Waals surface area contributed by atoms with Crippen LogP contribution in [0.25, 0.3) is 0 Å². The van der Waals surface area contributed by atoms with E-state index in [1.807, 2.05) is 18.2 Å². The summed E-state index contributed by atoms with van der Waals surface area (Å²) in [4.78, 5) is 22.2. The second-order valence-electron chi connectivity index (χ2n) is 3.94. The molecule has 0 radical (unpaired) electrons. The number of carbonyl (C=O) groups excluding carboxylic acids is 2. The van der Waals surface area contributed by atoms with Gasteiger partial charge in [-0.15, -0.1) is 0 Å². The molecule has 1 amide bonds. The smallest absolute Gasteiger partial charge is 0.224 e. The molecule has 1 heterocycles. The minimum absolute atomic E-state index is 0.0576. The van der Waals surface area contributed by atoms with Crippen molar-refractivity contribution < 1.29 is 9.59 Å². The lowest BCUT2D eigenvalue weighted by molar-refractivity contribution is -0.117. The number of nitrogens with one attached hydrogen (secondary N) is 1. The summed E-state index contributed by atoms with van der Waals surface area (Å²) in [5, 5.41) is 2.82. The third-order valence-electron chi connectivity index (χ3n) is 2.67. The van der Waals surface area contributed by atoms with Crippen molar-refractivity contribution in [3.8, 4) is 0 Å². The Morgan fingerprint density at radius 1 is 1.44 bits per heavy atom. The van der Waals surface area contributed by atoms with E-state index in [1.165, 1.54) is 0 Å². The molecule has 84 valence electrons. The third-order valence-corrected chi connectivity index (χ3v) is 3.85. The van der Waals surface area contributed by atoms with Gasteiger partial charge in [-0.25, -0.2) is 0 Å². The molecule has 0 aromatic heterocycles. The molecule has 2 rings (SSSR count). The van der Waals surface area contributed by atoms with Gasteiger partial charge in [0.15, 0.2) is 0 Å². The molecule has 0 fully saturated rings. The Morgan fingerprint density at radius 2 is 2.19 bits per heavy atom. The maximum Gasteiger partial charge on any atom is 0.224 e. The molecular formula is C12H12BrNO2. The van der Waals surface area contributed by atoms with Crippen molar-refractivity contribution in [1.29, 1.82) is 0 Å². The number of aryl methyl sites for hydroxylation is 1. The summed E-state index contributed by atoms with van der Waals surface area (Å²) in [7, 11) is 0. The molecule has 0 spiro atoms. The Morgan fingerprint density at radius 3 is 2.88 bits per heavy atom. The van der Waals surface area contributed by atoms with Crippen LogP contribution in [-0.2, 0) is 16.0 Å². The van der Waals surface area contributed by atoms with Gasteiger partial charge in [-0.2, -0.15) is 0 Å². The van der Waals surface area contributed by atoms with Gasteiger partial charge in [-0.1, -0.05) is 28.1 Å². The van der Waals surface area contributed by atoms with E-state index in [0.29, 0.717) is 6.42 Å². The molecule has 0 saturated carbocycles. The molecule has 16 heavy (non-hydrogen) atoms. The van der Waals surface area contributed by atoms with Gasteiger partial charge in [0, 0.05) is 12.1 Å². The Hall–Kier alpha value is -1.16. The molecule has 1 N–H and O–H groups in total. The number of Topliss-reactive ketones (excluding diaryl/α,β-unsaturated/α-hetero) is 1. The van der Waals surface area contributed by atoms with E-state index >= 15 is 0 Å². The van der Waals surface area contributed by atoms with Crippen molar-refractivity contribution in [3.05, 3.63) is 29.3 Å². The van der Waals surface area contributed by atoms with Crippen LogP contribution in [0, 0.1) is 0 Å². The Balaban J connectivity index is 2.33. The SMILES string of the molecule is CC(=O)C(Br)c1ccc2c(c1)CCC(=O)N2. The first-order chi connectivity index (χ1) is 7.58. The third kappa shape index (κ3) is 2.16. The maximum absolute atomic E-state index is 11.2. The van der Waals surface area contributed by atoms with E-state index in [-0.39, 0.29) is 16.5 Å². The first-order valence-electron chi connectivity index (χ1n) is 5.15. The molecule has 1 unspecified atom stereocenters. The lowest BCUT2D eigenvalue weighted by Crippen LogP contribution is -2.19. The van der Waals surface area contributed by atoms with E-state index < -0.39 is 0 Å². The summed E-state index contributed by atoms with van der Waals surface area (Å²) in [5.74, 6) is 0.141. The van der Waals surface area contributed by atoms with Crippen molar-refractivity contribution in [2.75, 3.05) is 5.32 Å². The minimum Gasteiger partial charge on any atom is -0.326 e. The summed E-state index contributed by atoms with van der Waals surface area (Å²) >= 11 is 3.35. The van der Waals surface area contributed by atoms with E-state index in [0.717, 1.165) is 23.2 Å². The summed E-state index contributed by atoms with van der Waals surface area (Å²) in [6, 6.07) is 5.71. The summed E-state index contributed by atoms with van der Waals surface area (Å²) < 4.78 is 0. The predicted molar refractivity (Wildman–Crippen MR) is 65.7 cm³/mol. The van der Waals surface area contributed by atoms with Crippen LogP contribution in [0.3, 0.4) is 0 Å². The van der Waals surface area contributed by atoms with E-state index in [9.17, 15) is 9.59 Å². The molecule has 1 atom stereocenters. The minimum atomic E-state index is -0.254. The van der Waals surface area contributed by atoms with Crippen LogP contribution in [0.5, 0.6) is 0 Å². The second-order valence-corrected chi connectivity index (χ2v) is 4.85. The van der Waals surface area contributed by atoms with Gasteiger partial charge in [0.1, 0.15) is 5.78 Å². The number of rotatable bonds is 2. The van der Waals surface area contributed by atoms with Gasteiger partial charge >= 0.3 is 0 Å². The van der Waals surface area contributed by atoms with Crippen molar-refractivity contribution >= 4 is 33.3 Å². The zero-order valence-electron chi connectivity index (χ0n) is 8.92. The van der Waals surface area contributed by atoms with Crippen LogP contribution in [0.15, 0.2) is 18.2 Å². The van der Waals surface area contributed by atoms with Crippen LogP contribution in [0.1, 0.15) is 29.3 Å². The molecule has 4 heteroatoms. The number of ketones is 1. The Labute approximate surface area is 102 Å². The highest BCUT2D eigenvalue weighted by Crippen LogP contribution is 2.30. The van der Waals surface area contributed by atoms with E-state index in [1.54, 1.807) is 6.92 Å². The van der Waals surface area contributed by atoms with Gasteiger partial charge < -0.3 is 5.32 Å². The number of alkyl halides is 1. The first-order valence-corrected chi connectivity index (χ1v) is 6.06. The zero-order valence-corrected chi connectivity index (χ0v) is 10.5.